The molecule has 1 aliphatic carbocycles. The van der Waals surface area contributed by atoms with Crippen LogP contribution in [0.3, 0.4) is 0 Å². The molecule has 17 heavy (non-hydrogen) atoms. The molecule has 1 aromatic rings. The molecular weight excluding hydrogens is 210 g/mol. The molecule has 0 heterocycles. The quantitative estimate of drug-likeness (QED) is 0.867. The molecule has 0 saturated heterocycles. The van der Waals surface area contributed by atoms with Crippen molar-refractivity contribution in [1.29, 1.82) is 0 Å². The third-order valence-corrected chi connectivity index (χ3v) is 4.23. The average molecular weight is 233 g/mol. The molecule has 0 aromatic heterocycles. The molecule has 1 fully saturated rings. The molecule has 0 radical (unpaired) electrons. The van der Waals surface area contributed by atoms with Crippen molar-refractivity contribution < 1.29 is 4.74 Å². The lowest BCUT2D eigenvalue weighted by molar-refractivity contribution is 0.407. The van der Waals surface area contributed by atoms with Crippen molar-refractivity contribution in [2.75, 3.05) is 13.7 Å². The maximum absolute atomic E-state index is 6.03. The Morgan fingerprint density at radius 2 is 2.00 bits per heavy atom. The molecule has 2 N–H and O–H groups in total. The van der Waals surface area contributed by atoms with Gasteiger partial charge in [0, 0.05) is 12.0 Å². The maximum Gasteiger partial charge on any atom is 0.122 e. The highest BCUT2D eigenvalue weighted by Crippen LogP contribution is 2.41. The fraction of sp³-hybridized carbons (Fsp3) is 0.600. The van der Waals surface area contributed by atoms with E-state index in [9.17, 15) is 0 Å². The molecule has 2 rings (SSSR count). The highest BCUT2D eigenvalue weighted by molar-refractivity contribution is 5.41. The molecule has 0 amide bonds. The van der Waals surface area contributed by atoms with Gasteiger partial charge in [0.15, 0.2) is 0 Å². The van der Waals surface area contributed by atoms with E-state index in [1.807, 2.05) is 0 Å². The van der Waals surface area contributed by atoms with Crippen molar-refractivity contribution >= 4 is 0 Å². The third kappa shape index (κ3) is 2.19. The van der Waals surface area contributed by atoms with Gasteiger partial charge in [-0.1, -0.05) is 31.9 Å². The van der Waals surface area contributed by atoms with Crippen molar-refractivity contribution in [3.8, 4) is 5.75 Å². The number of nitrogens with two attached hydrogens (primary N) is 1. The first kappa shape index (κ1) is 12.4. The summed E-state index contributed by atoms with van der Waals surface area (Å²) in [5.74, 6) is 1.00. The predicted octanol–water partition coefficient (Wildman–Crippen LogP) is 3.03. The Balaban J connectivity index is 2.38. The van der Waals surface area contributed by atoms with Crippen molar-refractivity contribution in [3.63, 3.8) is 0 Å². The third-order valence-electron chi connectivity index (χ3n) is 4.23. The van der Waals surface area contributed by atoms with E-state index in [0.29, 0.717) is 0 Å². The Morgan fingerprint density at radius 3 is 2.53 bits per heavy atom. The van der Waals surface area contributed by atoms with E-state index in [1.54, 1.807) is 7.11 Å². The van der Waals surface area contributed by atoms with Crippen LogP contribution in [0, 0.1) is 0 Å². The first-order chi connectivity index (χ1) is 8.25. The van der Waals surface area contributed by atoms with Gasteiger partial charge in [-0.15, -0.1) is 0 Å². The molecule has 1 aliphatic rings. The van der Waals surface area contributed by atoms with E-state index in [-0.39, 0.29) is 5.41 Å². The summed E-state index contributed by atoms with van der Waals surface area (Å²) in [7, 11) is 1.74. The summed E-state index contributed by atoms with van der Waals surface area (Å²) in [6.07, 6.45) is 6.10. The topological polar surface area (TPSA) is 35.2 Å². The zero-order chi connectivity index (χ0) is 12.3. The maximum atomic E-state index is 6.03. The standard InChI is InChI=1S/C15H23NO/c1-3-12-10-13(6-7-14(12)17-2)15(11-16)8-4-5-9-15/h6-7,10H,3-5,8-9,11,16H2,1-2H3. The zero-order valence-electron chi connectivity index (χ0n) is 11.0. The number of rotatable bonds is 4. The van der Waals surface area contributed by atoms with Crippen LogP contribution >= 0.6 is 0 Å². The number of hydrogen-bond donors (Lipinski definition) is 1. The second-order valence-electron chi connectivity index (χ2n) is 5.07. The molecule has 2 heteroatoms. The van der Waals surface area contributed by atoms with E-state index in [2.05, 4.69) is 25.1 Å². The monoisotopic (exact) mass is 233 g/mol. The Hall–Kier alpha value is -1.02. The van der Waals surface area contributed by atoms with Gasteiger partial charge in [0.2, 0.25) is 0 Å². The number of methoxy groups -OCH3 is 1. The van der Waals surface area contributed by atoms with Crippen LogP contribution in [-0.4, -0.2) is 13.7 Å². The van der Waals surface area contributed by atoms with Gasteiger partial charge in [-0.25, -0.2) is 0 Å². The van der Waals surface area contributed by atoms with Gasteiger partial charge in [-0.2, -0.15) is 0 Å². The molecule has 0 aliphatic heterocycles. The van der Waals surface area contributed by atoms with Crippen LogP contribution in [-0.2, 0) is 11.8 Å². The predicted molar refractivity (Wildman–Crippen MR) is 71.6 cm³/mol. The second-order valence-corrected chi connectivity index (χ2v) is 5.07. The van der Waals surface area contributed by atoms with Crippen LogP contribution in [0.5, 0.6) is 5.75 Å². The summed E-state index contributed by atoms with van der Waals surface area (Å²) in [6, 6.07) is 6.61. The van der Waals surface area contributed by atoms with Crippen LogP contribution in [0.2, 0.25) is 0 Å². The van der Waals surface area contributed by atoms with Crippen molar-refractivity contribution in [2.45, 2.75) is 44.4 Å². The fourth-order valence-corrected chi connectivity index (χ4v) is 3.05. The van der Waals surface area contributed by atoms with Crippen LogP contribution in [0.4, 0.5) is 0 Å². The van der Waals surface area contributed by atoms with Crippen LogP contribution in [0.25, 0.3) is 0 Å². The summed E-state index contributed by atoms with van der Waals surface area (Å²) in [5, 5.41) is 0. The Labute approximate surface area is 104 Å². The van der Waals surface area contributed by atoms with E-state index >= 15 is 0 Å². The highest BCUT2D eigenvalue weighted by Gasteiger charge is 2.34. The first-order valence-corrected chi connectivity index (χ1v) is 6.63. The van der Waals surface area contributed by atoms with Gasteiger partial charge in [-0.3, -0.25) is 0 Å². The molecule has 1 aromatic carbocycles. The van der Waals surface area contributed by atoms with Crippen LogP contribution in [0.15, 0.2) is 18.2 Å². The summed E-state index contributed by atoms with van der Waals surface area (Å²) in [5.41, 5.74) is 8.97. The zero-order valence-corrected chi connectivity index (χ0v) is 11.0. The SMILES string of the molecule is CCc1cc(C2(CN)CCCC2)ccc1OC. The van der Waals surface area contributed by atoms with Crippen molar-refractivity contribution in [3.05, 3.63) is 29.3 Å². The summed E-state index contributed by atoms with van der Waals surface area (Å²) < 4.78 is 5.39. The lowest BCUT2D eigenvalue weighted by Crippen LogP contribution is -2.32. The fourth-order valence-electron chi connectivity index (χ4n) is 3.05. The number of benzene rings is 1. The molecule has 0 spiro atoms. The van der Waals surface area contributed by atoms with Crippen molar-refractivity contribution in [2.24, 2.45) is 5.73 Å². The van der Waals surface area contributed by atoms with E-state index in [0.717, 1.165) is 18.7 Å². The molecule has 0 atom stereocenters. The van der Waals surface area contributed by atoms with Gasteiger partial charge >= 0.3 is 0 Å². The lowest BCUT2D eigenvalue weighted by Gasteiger charge is -2.28. The van der Waals surface area contributed by atoms with Gasteiger partial charge in [-0.05, 0) is 36.5 Å². The van der Waals surface area contributed by atoms with Crippen molar-refractivity contribution in [1.82, 2.24) is 0 Å². The van der Waals surface area contributed by atoms with Gasteiger partial charge in [0.1, 0.15) is 5.75 Å². The Morgan fingerprint density at radius 1 is 1.29 bits per heavy atom. The van der Waals surface area contributed by atoms with Crippen LogP contribution in [0.1, 0.15) is 43.7 Å². The Kier molecular flexibility index (Phi) is 3.72. The normalized spacial score (nSPS) is 18.3. The molecule has 0 bridgehead atoms. The Bertz CT molecular complexity index is 381. The summed E-state index contributed by atoms with van der Waals surface area (Å²) >= 11 is 0. The minimum atomic E-state index is 0.232. The van der Waals surface area contributed by atoms with E-state index in [1.165, 1.54) is 36.8 Å². The summed E-state index contributed by atoms with van der Waals surface area (Å²) in [4.78, 5) is 0. The number of aryl methyl sites for hydroxylation is 1. The van der Waals surface area contributed by atoms with E-state index < -0.39 is 0 Å². The molecule has 1 saturated carbocycles. The minimum absolute atomic E-state index is 0.232. The molecule has 2 nitrogen and oxygen atoms in total. The van der Waals surface area contributed by atoms with Gasteiger partial charge in [0.25, 0.3) is 0 Å². The van der Waals surface area contributed by atoms with Gasteiger partial charge in [0.05, 0.1) is 7.11 Å². The number of ether oxygens (including phenoxy) is 1. The molecule has 94 valence electrons. The van der Waals surface area contributed by atoms with E-state index in [4.69, 9.17) is 10.5 Å². The largest absolute Gasteiger partial charge is 0.496 e. The lowest BCUT2D eigenvalue weighted by atomic mass is 9.78. The van der Waals surface area contributed by atoms with Crippen LogP contribution < -0.4 is 10.5 Å². The highest BCUT2D eigenvalue weighted by atomic mass is 16.5. The summed E-state index contributed by atoms with van der Waals surface area (Å²) in [6.45, 7) is 2.94. The average Bonchev–Trinajstić information content (AvgIpc) is 2.88. The minimum Gasteiger partial charge on any atom is -0.496 e. The first-order valence-electron chi connectivity index (χ1n) is 6.63. The number of hydrogen-bond acceptors (Lipinski definition) is 2. The smallest absolute Gasteiger partial charge is 0.122 e. The molecular formula is C15H23NO. The second kappa shape index (κ2) is 5.09. The van der Waals surface area contributed by atoms with Gasteiger partial charge < -0.3 is 10.5 Å². The molecule has 0 unspecified atom stereocenters.